The first-order chi connectivity index (χ1) is 6.14. The summed E-state index contributed by atoms with van der Waals surface area (Å²) >= 11 is 0. The van der Waals surface area contributed by atoms with Crippen molar-refractivity contribution in [3.63, 3.8) is 0 Å². The van der Waals surface area contributed by atoms with E-state index in [1.807, 2.05) is 6.92 Å². The van der Waals surface area contributed by atoms with Gasteiger partial charge in [-0.25, -0.2) is 0 Å². The first-order valence-electron chi connectivity index (χ1n) is 5.06. The van der Waals surface area contributed by atoms with Crippen molar-refractivity contribution in [1.82, 2.24) is 5.32 Å². The lowest BCUT2D eigenvalue weighted by Gasteiger charge is -2.26. The van der Waals surface area contributed by atoms with Crippen molar-refractivity contribution in [3.05, 3.63) is 12.2 Å². The standard InChI is InChI=1S/C11H17NO/c1-8(2)7-12-10(13)9-6-11(9)4-3-5-11/h9H,1,3-7H2,2H3,(H,12,13). The molecular weight excluding hydrogens is 162 g/mol. The molecule has 13 heavy (non-hydrogen) atoms. The Bertz CT molecular complexity index is 253. The van der Waals surface area contributed by atoms with Crippen LogP contribution in [0.3, 0.4) is 0 Å². The van der Waals surface area contributed by atoms with Crippen molar-refractivity contribution in [2.24, 2.45) is 11.3 Å². The Hall–Kier alpha value is -0.790. The predicted molar refractivity (Wildman–Crippen MR) is 52.2 cm³/mol. The maximum Gasteiger partial charge on any atom is 0.223 e. The van der Waals surface area contributed by atoms with Crippen LogP contribution < -0.4 is 5.32 Å². The van der Waals surface area contributed by atoms with Crippen LogP contribution in [0.15, 0.2) is 12.2 Å². The van der Waals surface area contributed by atoms with E-state index in [0.717, 1.165) is 12.0 Å². The summed E-state index contributed by atoms with van der Waals surface area (Å²) in [4.78, 5) is 11.6. The van der Waals surface area contributed by atoms with E-state index in [2.05, 4.69) is 11.9 Å². The molecule has 2 heteroatoms. The maximum atomic E-state index is 11.6. The molecule has 1 amide bonds. The Morgan fingerprint density at radius 2 is 2.31 bits per heavy atom. The monoisotopic (exact) mass is 179 g/mol. The minimum absolute atomic E-state index is 0.253. The summed E-state index contributed by atoms with van der Waals surface area (Å²) in [5.74, 6) is 0.586. The van der Waals surface area contributed by atoms with E-state index in [1.165, 1.54) is 19.3 Å². The average Bonchev–Trinajstić information content (AvgIpc) is 2.73. The van der Waals surface area contributed by atoms with Gasteiger partial charge in [0.05, 0.1) is 0 Å². The van der Waals surface area contributed by atoms with E-state index in [9.17, 15) is 4.79 Å². The summed E-state index contributed by atoms with van der Waals surface area (Å²) < 4.78 is 0. The van der Waals surface area contributed by atoms with Crippen LogP contribution in [0.25, 0.3) is 0 Å². The van der Waals surface area contributed by atoms with Gasteiger partial charge in [0.25, 0.3) is 0 Å². The summed E-state index contributed by atoms with van der Waals surface area (Å²) in [5.41, 5.74) is 1.48. The second-order valence-corrected chi connectivity index (χ2v) is 4.65. The number of carbonyl (C=O) groups excluding carboxylic acids is 1. The van der Waals surface area contributed by atoms with Crippen LogP contribution in [-0.4, -0.2) is 12.5 Å². The minimum Gasteiger partial charge on any atom is -0.352 e. The summed E-state index contributed by atoms with van der Waals surface area (Å²) in [7, 11) is 0. The molecule has 0 radical (unpaired) electrons. The fraction of sp³-hybridized carbons (Fsp3) is 0.727. The lowest BCUT2D eigenvalue weighted by atomic mass is 9.80. The summed E-state index contributed by atoms with van der Waals surface area (Å²) in [6.07, 6.45) is 5.01. The smallest absolute Gasteiger partial charge is 0.223 e. The number of amides is 1. The number of carbonyl (C=O) groups is 1. The highest BCUT2D eigenvalue weighted by molar-refractivity contribution is 5.83. The molecule has 2 aliphatic rings. The van der Waals surface area contributed by atoms with Gasteiger partial charge in [-0.2, -0.15) is 0 Å². The fourth-order valence-corrected chi connectivity index (χ4v) is 2.26. The lowest BCUT2D eigenvalue weighted by Crippen LogP contribution is -2.30. The van der Waals surface area contributed by atoms with Crippen LogP contribution in [0.4, 0.5) is 0 Å². The van der Waals surface area contributed by atoms with Gasteiger partial charge in [0.1, 0.15) is 0 Å². The van der Waals surface area contributed by atoms with Crippen LogP contribution in [0.2, 0.25) is 0 Å². The van der Waals surface area contributed by atoms with Gasteiger partial charge < -0.3 is 5.32 Å². The van der Waals surface area contributed by atoms with E-state index in [1.54, 1.807) is 0 Å². The van der Waals surface area contributed by atoms with Gasteiger partial charge in [-0.15, -0.1) is 0 Å². The summed E-state index contributed by atoms with van der Waals surface area (Å²) in [6.45, 7) is 6.34. The number of hydrogen-bond acceptors (Lipinski definition) is 1. The Kier molecular flexibility index (Phi) is 1.94. The zero-order valence-electron chi connectivity index (χ0n) is 8.23. The van der Waals surface area contributed by atoms with E-state index in [0.29, 0.717) is 17.9 Å². The summed E-state index contributed by atoms with van der Waals surface area (Å²) in [6, 6.07) is 0. The highest BCUT2D eigenvalue weighted by Crippen LogP contribution is 2.65. The normalized spacial score (nSPS) is 27.9. The van der Waals surface area contributed by atoms with E-state index >= 15 is 0 Å². The molecule has 1 unspecified atom stereocenters. The molecular formula is C11H17NO. The molecule has 1 N–H and O–H groups in total. The number of hydrogen-bond donors (Lipinski definition) is 1. The Morgan fingerprint density at radius 1 is 1.62 bits per heavy atom. The molecule has 0 heterocycles. The van der Waals surface area contributed by atoms with Gasteiger partial charge >= 0.3 is 0 Å². The third kappa shape index (κ3) is 1.50. The fourth-order valence-electron chi connectivity index (χ4n) is 2.26. The van der Waals surface area contributed by atoms with Crippen LogP contribution >= 0.6 is 0 Å². The molecule has 0 aromatic rings. The molecule has 2 aliphatic carbocycles. The van der Waals surface area contributed by atoms with E-state index in [4.69, 9.17) is 0 Å². The molecule has 0 aromatic carbocycles. The van der Waals surface area contributed by atoms with Crippen molar-refractivity contribution in [2.45, 2.75) is 32.6 Å². The molecule has 0 bridgehead atoms. The quantitative estimate of drug-likeness (QED) is 0.658. The first kappa shape index (κ1) is 8.79. The average molecular weight is 179 g/mol. The van der Waals surface area contributed by atoms with Gasteiger partial charge in [-0.1, -0.05) is 18.6 Å². The molecule has 2 nitrogen and oxygen atoms in total. The summed E-state index contributed by atoms with van der Waals surface area (Å²) in [5, 5.41) is 2.93. The molecule has 0 saturated heterocycles. The highest BCUT2D eigenvalue weighted by Gasteiger charge is 2.60. The highest BCUT2D eigenvalue weighted by atomic mass is 16.2. The largest absolute Gasteiger partial charge is 0.352 e. The van der Waals surface area contributed by atoms with Gasteiger partial charge in [0.15, 0.2) is 0 Å². The number of rotatable bonds is 3. The van der Waals surface area contributed by atoms with Gasteiger partial charge in [-0.05, 0) is 31.6 Å². The lowest BCUT2D eigenvalue weighted by molar-refractivity contribution is -0.123. The molecule has 1 atom stereocenters. The Balaban J connectivity index is 1.76. The van der Waals surface area contributed by atoms with Crippen molar-refractivity contribution in [2.75, 3.05) is 6.54 Å². The zero-order valence-corrected chi connectivity index (χ0v) is 8.23. The Labute approximate surface area is 79.4 Å². The predicted octanol–water partition coefficient (Wildman–Crippen LogP) is 1.87. The second-order valence-electron chi connectivity index (χ2n) is 4.65. The molecule has 2 saturated carbocycles. The third-order valence-electron chi connectivity index (χ3n) is 3.42. The van der Waals surface area contributed by atoms with Crippen molar-refractivity contribution < 1.29 is 4.79 Å². The third-order valence-corrected chi connectivity index (χ3v) is 3.42. The van der Waals surface area contributed by atoms with E-state index < -0.39 is 0 Å². The zero-order chi connectivity index (χ0) is 9.47. The molecule has 0 aliphatic heterocycles. The van der Waals surface area contributed by atoms with Crippen LogP contribution in [0.1, 0.15) is 32.6 Å². The molecule has 72 valence electrons. The SMILES string of the molecule is C=C(C)CNC(=O)C1CC12CCC2. The molecule has 0 aromatic heterocycles. The van der Waals surface area contributed by atoms with Crippen LogP contribution in [0, 0.1) is 11.3 Å². The molecule has 2 rings (SSSR count). The molecule has 1 spiro atoms. The van der Waals surface area contributed by atoms with Gasteiger partial charge in [-0.3, -0.25) is 4.79 Å². The number of nitrogens with one attached hydrogen (secondary N) is 1. The van der Waals surface area contributed by atoms with Crippen LogP contribution in [-0.2, 0) is 4.79 Å². The van der Waals surface area contributed by atoms with Crippen molar-refractivity contribution in [3.8, 4) is 0 Å². The maximum absolute atomic E-state index is 11.6. The van der Waals surface area contributed by atoms with Crippen LogP contribution in [0.5, 0.6) is 0 Å². The second kappa shape index (κ2) is 2.86. The topological polar surface area (TPSA) is 29.1 Å². The van der Waals surface area contributed by atoms with Gasteiger partial charge in [0.2, 0.25) is 5.91 Å². The first-order valence-corrected chi connectivity index (χ1v) is 5.06. The molecule has 2 fully saturated rings. The van der Waals surface area contributed by atoms with Crippen molar-refractivity contribution >= 4 is 5.91 Å². The van der Waals surface area contributed by atoms with E-state index in [-0.39, 0.29) is 5.91 Å². The minimum atomic E-state index is 0.253. The Morgan fingerprint density at radius 3 is 2.69 bits per heavy atom. The van der Waals surface area contributed by atoms with Gasteiger partial charge in [0, 0.05) is 12.5 Å². The van der Waals surface area contributed by atoms with Crippen molar-refractivity contribution in [1.29, 1.82) is 0 Å².